The number of carbonyl (C=O) groups excluding carboxylic acids is 1. The van der Waals surface area contributed by atoms with Crippen molar-refractivity contribution in [2.75, 3.05) is 13.6 Å². The van der Waals surface area contributed by atoms with E-state index in [9.17, 15) is 9.59 Å². The van der Waals surface area contributed by atoms with E-state index >= 15 is 0 Å². The van der Waals surface area contributed by atoms with Crippen molar-refractivity contribution < 1.29 is 14.7 Å². The third-order valence-electron chi connectivity index (χ3n) is 2.28. The highest BCUT2D eigenvalue weighted by atomic mass is 16.4. The molecule has 0 heterocycles. The topological polar surface area (TPSA) is 69.6 Å². The summed E-state index contributed by atoms with van der Waals surface area (Å²) in [5.74, 6) is 1.27. The lowest BCUT2D eigenvalue weighted by Gasteiger charge is -2.28. The summed E-state index contributed by atoms with van der Waals surface area (Å²) in [7, 11) is 1.52. The van der Waals surface area contributed by atoms with Crippen LogP contribution in [-0.2, 0) is 4.79 Å². The molecule has 1 unspecified atom stereocenters. The molecule has 90 valence electrons. The summed E-state index contributed by atoms with van der Waals surface area (Å²) in [4.78, 5) is 23.9. The summed E-state index contributed by atoms with van der Waals surface area (Å²) >= 11 is 0. The lowest BCUT2D eigenvalue weighted by molar-refractivity contribution is -0.144. The van der Waals surface area contributed by atoms with Crippen molar-refractivity contribution >= 4 is 12.0 Å². The predicted molar refractivity (Wildman–Crippen MR) is 60.9 cm³/mol. The van der Waals surface area contributed by atoms with Gasteiger partial charge in [0.05, 0.1) is 6.54 Å². The molecule has 0 aliphatic rings. The fraction of sp³-hybridized carbons (Fsp3) is 0.636. The predicted octanol–water partition coefficient (Wildman–Crippen LogP) is 0.904. The van der Waals surface area contributed by atoms with E-state index in [1.165, 1.54) is 18.9 Å². The molecule has 0 rings (SSSR count). The molecule has 0 bridgehead atoms. The second-order valence-corrected chi connectivity index (χ2v) is 3.88. The third-order valence-corrected chi connectivity index (χ3v) is 2.28. The van der Waals surface area contributed by atoms with Crippen LogP contribution in [0.3, 0.4) is 0 Å². The Balaban J connectivity index is 4.59. The Kier molecular flexibility index (Phi) is 5.37. The largest absolute Gasteiger partial charge is 0.480 e. The lowest BCUT2D eigenvalue weighted by atomic mass is 9.96. The Morgan fingerprint density at radius 2 is 2.12 bits per heavy atom. The van der Waals surface area contributed by atoms with Gasteiger partial charge in [0, 0.05) is 7.05 Å². The molecule has 0 aromatic carbocycles. The molecule has 0 aliphatic carbocycles. The molecule has 0 saturated carbocycles. The van der Waals surface area contributed by atoms with Gasteiger partial charge in [0.25, 0.3) is 0 Å². The maximum Gasteiger partial charge on any atom is 0.329 e. The molecule has 16 heavy (non-hydrogen) atoms. The monoisotopic (exact) mass is 226 g/mol. The number of terminal acetylenes is 1. The number of urea groups is 1. The van der Waals surface area contributed by atoms with Crippen LogP contribution < -0.4 is 5.32 Å². The van der Waals surface area contributed by atoms with Crippen LogP contribution in [0.1, 0.15) is 26.7 Å². The number of carboxylic acids is 1. The van der Waals surface area contributed by atoms with Crippen molar-refractivity contribution in [1.29, 1.82) is 0 Å². The maximum absolute atomic E-state index is 11.6. The summed E-state index contributed by atoms with van der Waals surface area (Å²) in [6.45, 7) is 3.49. The first-order chi connectivity index (χ1) is 7.37. The van der Waals surface area contributed by atoms with Crippen molar-refractivity contribution in [1.82, 2.24) is 10.2 Å². The average molecular weight is 226 g/mol. The standard InChI is InChI=1S/C11H18N2O3/c1-5-7-11(3,9(14)15)12-10(16)13(4)8-6-2/h2H,5,7-8H2,1,3-4H3,(H,12,16)(H,14,15). The SMILES string of the molecule is C#CCN(C)C(=O)NC(C)(CCC)C(=O)O. The maximum atomic E-state index is 11.6. The zero-order chi connectivity index (χ0) is 12.8. The molecule has 1 atom stereocenters. The van der Waals surface area contributed by atoms with E-state index in [1.807, 2.05) is 6.92 Å². The van der Waals surface area contributed by atoms with Crippen LogP contribution in [0.15, 0.2) is 0 Å². The third kappa shape index (κ3) is 3.81. The van der Waals surface area contributed by atoms with E-state index < -0.39 is 17.5 Å². The van der Waals surface area contributed by atoms with Gasteiger partial charge in [0.2, 0.25) is 0 Å². The minimum Gasteiger partial charge on any atom is -0.480 e. The van der Waals surface area contributed by atoms with E-state index in [0.717, 1.165) is 0 Å². The van der Waals surface area contributed by atoms with Crippen molar-refractivity contribution in [3.05, 3.63) is 0 Å². The number of nitrogens with one attached hydrogen (secondary N) is 1. The van der Waals surface area contributed by atoms with Crippen molar-refractivity contribution in [3.8, 4) is 12.3 Å². The summed E-state index contributed by atoms with van der Waals surface area (Å²) in [5, 5.41) is 11.5. The molecule has 5 heteroatoms. The van der Waals surface area contributed by atoms with Gasteiger partial charge in [-0.3, -0.25) is 0 Å². The van der Waals surface area contributed by atoms with Crippen LogP contribution in [0.25, 0.3) is 0 Å². The molecule has 0 radical (unpaired) electrons. The van der Waals surface area contributed by atoms with Gasteiger partial charge < -0.3 is 15.3 Å². The second kappa shape index (κ2) is 6.01. The number of aliphatic carboxylic acids is 1. The number of nitrogens with zero attached hydrogens (tertiary/aromatic N) is 1. The van der Waals surface area contributed by atoms with Gasteiger partial charge in [0.15, 0.2) is 0 Å². The van der Waals surface area contributed by atoms with Crippen LogP contribution in [0.2, 0.25) is 0 Å². The summed E-state index contributed by atoms with van der Waals surface area (Å²) < 4.78 is 0. The van der Waals surface area contributed by atoms with Gasteiger partial charge in [-0.15, -0.1) is 6.42 Å². The van der Waals surface area contributed by atoms with E-state index in [0.29, 0.717) is 12.8 Å². The first-order valence-corrected chi connectivity index (χ1v) is 5.07. The van der Waals surface area contributed by atoms with E-state index in [4.69, 9.17) is 11.5 Å². The number of rotatable bonds is 5. The molecule has 2 N–H and O–H groups in total. The number of amides is 2. The summed E-state index contributed by atoms with van der Waals surface area (Å²) in [5.41, 5.74) is -1.24. The Morgan fingerprint density at radius 1 is 1.56 bits per heavy atom. The summed E-state index contributed by atoms with van der Waals surface area (Å²) in [6, 6.07) is -0.476. The zero-order valence-corrected chi connectivity index (χ0v) is 9.91. The Hall–Kier alpha value is -1.70. The van der Waals surface area contributed by atoms with Gasteiger partial charge in [-0.1, -0.05) is 19.3 Å². The molecule has 5 nitrogen and oxygen atoms in total. The molecule has 0 aromatic rings. The van der Waals surface area contributed by atoms with Crippen LogP contribution in [0.5, 0.6) is 0 Å². The highest BCUT2D eigenvalue weighted by Crippen LogP contribution is 2.12. The number of hydrogen-bond acceptors (Lipinski definition) is 2. The second-order valence-electron chi connectivity index (χ2n) is 3.88. The van der Waals surface area contributed by atoms with Gasteiger partial charge in [0.1, 0.15) is 5.54 Å². The minimum atomic E-state index is -1.24. The first-order valence-electron chi connectivity index (χ1n) is 5.07. The lowest BCUT2D eigenvalue weighted by Crippen LogP contribution is -2.55. The fourth-order valence-corrected chi connectivity index (χ4v) is 1.26. The number of carbonyl (C=O) groups is 2. The van der Waals surface area contributed by atoms with Crippen LogP contribution in [0.4, 0.5) is 4.79 Å². The van der Waals surface area contributed by atoms with E-state index in [-0.39, 0.29) is 6.54 Å². The fourth-order valence-electron chi connectivity index (χ4n) is 1.26. The van der Waals surface area contributed by atoms with Crippen LogP contribution >= 0.6 is 0 Å². The van der Waals surface area contributed by atoms with Crippen molar-refractivity contribution in [2.45, 2.75) is 32.2 Å². The van der Waals surface area contributed by atoms with Crippen molar-refractivity contribution in [3.63, 3.8) is 0 Å². The van der Waals surface area contributed by atoms with Gasteiger partial charge >= 0.3 is 12.0 Å². The molecule has 0 aromatic heterocycles. The quantitative estimate of drug-likeness (QED) is 0.684. The zero-order valence-electron chi connectivity index (χ0n) is 9.91. The number of carboxylic acid groups (broad SMARTS) is 1. The highest BCUT2D eigenvalue weighted by Gasteiger charge is 2.34. The van der Waals surface area contributed by atoms with Crippen LogP contribution in [-0.4, -0.2) is 41.1 Å². The summed E-state index contributed by atoms with van der Waals surface area (Å²) in [6.07, 6.45) is 6.10. The van der Waals surface area contributed by atoms with Crippen molar-refractivity contribution in [2.24, 2.45) is 0 Å². The molecule has 0 saturated heterocycles. The van der Waals surface area contributed by atoms with Gasteiger partial charge in [-0.25, -0.2) is 9.59 Å². The minimum absolute atomic E-state index is 0.146. The Morgan fingerprint density at radius 3 is 2.50 bits per heavy atom. The molecule has 2 amide bonds. The van der Waals surface area contributed by atoms with E-state index in [1.54, 1.807) is 0 Å². The Labute approximate surface area is 95.8 Å². The number of hydrogen-bond donors (Lipinski definition) is 2. The molecule has 0 fully saturated rings. The molecular weight excluding hydrogens is 208 g/mol. The first kappa shape index (κ1) is 14.3. The molecular formula is C11H18N2O3. The molecule has 0 spiro atoms. The van der Waals surface area contributed by atoms with Crippen LogP contribution in [0, 0.1) is 12.3 Å². The molecule has 0 aliphatic heterocycles. The average Bonchev–Trinajstić information content (AvgIpc) is 2.18. The highest BCUT2D eigenvalue weighted by molar-refractivity contribution is 5.85. The van der Waals surface area contributed by atoms with Gasteiger partial charge in [-0.05, 0) is 13.3 Å². The van der Waals surface area contributed by atoms with E-state index in [2.05, 4.69) is 11.2 Å². The smallest absolute Gasteiger partial charge is 0.329 e. The van der Waals surface area contributed by atoms with Gasteiger partial charge in [-0.2, -0.15) is 0 Å². The normalized spacial score (nSPS) is 13.4. The Bertz CT molecular complexity index is 309.